The van der Waals surface area contributed by atoms with E-state index in [1.165, 1.54) is 0 Å². The van der Waals surface area contributed by atoms with E-state index < -0.39 is 0 Å². The molecular formula is C13H14N4O2S. The molecule has 1 fully saturated rings. The van der Waals surface area contributed by atoms with Gasteiger partial charge in [-0.2, -0.15) is 11.8 Å². The molecule has 6 nitrogen and oxygen atoms in total. The number of dihydropyridines is 1. The second-order valence-electron chi connectivity index (χ2n) is 4.63. The Morgan fingerprint density at radius 1 is 1.30 bits per heavy atom. The standard InChI is InChI=1S/C13H14N4O2S/c18-12-5-8(9-3-1-2-4-10(9)14-12)6-20-7-11-15-13(19)17-16-11/h1-5,9,11,16H,6-7H2,(H2,15,17,19). The minimum Gasteiger partial charge on any atom is -0.319 e. The number of hydrazine groups is 1. The van der Waals surface area contributed by atoms with Crippen LogP contribution in [0.2, 0.25) is 0 Å². The Labute approximate surface area is 120 Å². The Kier molecular flexibility index (Phi) is 3.70. The molecule has 0 radical (unpaired) electrons. The van der Waals surface area contributed by atoms with Gasteiger partial charge in [0, 0.05) is 23.5 Å². The zero-order valence-electron chi connectivity index (χ0n) is 10.6. The lowest BCUT2D eigenvalue weighted by Crippen LogP contribution is -2.36. The van der Waals surface area contributed by atoms with E-state index in [9.17, 15) is 9.59 Å². The van der Waals surface area contributed by atoms with Crippen molar-refractivity contribution in [3.8, 4) is 0 Å². The summed E-state index contributed by atoms with van der Waals surface area (Å²) in [4.78, 5) is 26.6. The van der Waals surface area contributed by atoms with Crippen LogP contribution in [-0.2, 0) is 4.79 Å². The normalized spacial score (nSPS) is 27.6. The Balaban J connectivity index is 1.57. The lowest BCUT2D eigenvalue weighted by molar-refractivity contribution is -0.113. The predicted octanol–water partition coefficient (Wildman–Crippen LogP) is 0.513. The lowest BCUT2D eigenvalue weighted by atomic mass is 9.89. The van der Waals surface area contributed by atoms with Gasteiger partial charge in [-0.05, 0) is 11.6 Å². The molecule has 2 atom stereocenters. The van der Waals surface area contributed by atoms with Crippen LogP contribution >= 0.6 is 11.8 Å². The van der Waals surface area contributed by atoms with E-state index in [0.29, 0.717) is 0 Å². The summed E-state index contributed by atoms with van der Waals surface area (Å²) in [6, 6.07) is -0.211. The van der Waals surface area contributed by atoms with Gasteiger partial charge < -0.3 is 5.32 Å². The summed E-state index contributed by atoms with van der Waals surface area (Å²) < 4.78 is 0. The average molecular weight is 290 g/mol. The van der Waals surface area contributed by atoms with Gasteiger partial charge in [-0.1, -0.05) is 18.2 Å². The number of carbonyl (C=O) groups excluding carboxylic acids is 2. The van der Waals surface area contributed by atoms with Gasteiger partial charge in [0.05, 0.1) is 5.71 Å². The summed E-state index contributed by atoms with van der Waals surface area (Å²) in [5.41, 5.74) is 7.20. The monoisotopic (exact) mass is 290 g/mol. The zero-order chi connectivity index (χ0) is 13.9. The van der Waals surface area contributed by atoms with E-state index in [4.69, 9.17) is 0 Å². The highest BCUT2D eigenvalue weighted by molar-refractivity contribution is 7.99. The van der Waals surface area contributed by atoms with Crippen LogP contribution in [0.4, 0.5) is 4.79 Å². The number of nitrogens with zero attached hydrogens (tertiary/aromatic N) is 1. The van der Waals surface area contributed by atoms with E-state index >= 15 is 0 Å². The minimum atomic E-state index is -0.211. The van der Waals surface area contributed by atoms with Crippen molar-refractivity contribution in [3.63, 3.8) is 0 Å². The van der Waals surface area contributed by atoms with Gasteiger partial charge in [0.15, 0.2) is 0 Å². The van der Waals surface area contributed by atoms with Gasteiger partial charge in [0.2, 0.25) is 0 Å². The molecule has 3 rings (SSSR count). The van der Waals surface area contributed by atoms with E-state index in [1.807, 2.05) is 18.2 Å². The molecule has 2 heterocycles. The molecule has 0 aromatic rings. The summed E-state index contributed by atoms with van der Waals surface area (Å²) in [6.07, 6.45) is 9.33. The average Bonchev–Trinajstić information content (AvgIpc) is 2.84. The summed E-state index contributed by atoms with van der Waals surface area (Å²) in [7, 11) is 0. The van der Waals surface area contributed by atoms with Crippen LogP contribution in [0, 0.1) is 5.92 Å². The van der Waals surface area contributed by atoms with Crippen LogP contribution in [0.25, 0.3) is 0 Å². The first-order chi connectivity index (χ1) is 9.72. The molecule has 0 aromatic heterocycles. The van der Waals surface area contributed by atoms with E-state index in [-0.39, 0.29) is 24.0 Å². The number of fused-ring (bicyclic) bond motifs is 1. The first-order valence-corrected chi connectivity index (χ1v) is 7.45. The third kappa shape index (κ3) is 2.83. The molecule has 0 saturated carbocycles. The second-order valence-corrected chi connectivity index (χ2v) is 5.66. The van der Waals surface area contributed by atoms with Gasteiger partial charge >= 0.3 is 6.03 Å². The predicted molar refractivity (Wildman–Crippen MR) is 78.2 cm³/mol. The van der Waals surface area contributed by atoms with Crippen molar-refractivity contribution in [2.24, 2.45) is 10.9 Å². The number of aliphatic imine (C=N–C) groups is 1. The molecular weight excluding hydrogens is 276 g/mol. The number of amides is 3. The van der Waals surface area contributed by atoms with Crippen molar-refractivity contribution < 1.29 is 9.59 Å². The van der Waals surface area contributed by atoms with Crippen LogP contribution in [0.1, 0.15) is 0 Å². The molecule has 20 heavy (non-hydrogen) atoms. The van der Waals surface area contributed by atoms with E-state index in [1.54, 1.807) is 17.8 Å². The topological polar surface area (TPSA) is 82.6 Å². The highest BCUT2D eigenvalue weighted by Crippen LogP contribution is 2.26. The second kappa shape index (κ2) is 5.64. The molecule has 3 amide bonds. The maximum Gasteiger partial charge on any atom is 0.330 e. The van der Waals surface area contributed by atoms with Crippen LogP contribution < -0.4 is 16.2 Å². The van der Waals surface area contributed by atoms with Crippen molar-refractivity contribution >= 4 is 29.4 Å². The molecule has 1 aliphatic carbocycles. The molecule has 2 unspecified atom stereocenters. The summed E-state index contributed by atoms with van der Waals surface area (Å²) >= 11 is 1.67. The molecule has 3 aliphatic rings. The smallest absolute Gasteiger partial charge is 0.319 e. The number of rotatable bonds is 4. The fraction of sp³-hybridized carbons (Fsp3) is 0.308. The SMILES string of the molecule is O=C1C=C(CSCC2NNC(=O)N2)C2C=CC=CC2=N1. The van der Waals surface area contributed by atoms with Crippen LogP contribution in [0.15, 0.2) is 40.9 Å². The number of urea groups is 1. The molecule has 7 heteroatoms. The van der Waals surface area contributed by atoms with Crippen molar-refractivity contribution in [2.45, 2.75) is 6.17 Å². The lowest BCUT2D eigenvalue weighted by Gasteiger charge is -2.22. The Hall–Kier alpha value is -1.86. The minimum absolute atomic E-state index is 0.0812. The number of nitrogens with one attached hydrogen (secondary N) is 3. The quantitative estimate of drug-likeness (QED) is 0.704. The Bertz CT molecular complexity index is 565. The van der Waals surface area contributed by atoms with Gasteiger partial charge in [0.1, 0.15) is 6.17 Å². The number of hydrogen-bond donors (Lipinski definition) is 3. The van der Waals surface area contributed by atoms with E-state index in [2.05, 4.69) is 27.2 Å². The molecule has 0 spiro atoms. The van der Waals surface area contributed by atoms with Crippen LogP contribution in [-0.4, -0.2) is 35.3 Å². The van der Waals surface area contributed by atoms with Gasteiger partial charge in [-0.3, -0.25) is 10.2 Å². The summed E-state index contributed by atoms with van der Waals surface area (Å²) in [5.74, 6) is 1.38. The van der Waals surface area contributed by atoms with Crippen LogP contribution in [0.5, 0.6) is 0 Å². The molecule has 3 N–H and O–H groups in total. The van der Waals surface area contributed by atoms with Gasteiger partial charge in [0.25, 0.3) is 5.91 Å². The van der Waals surface area contributed by atoms with Crippen molar-refractivity contribution in [1.82, 2.24) is 16.2 Å². The molecule has 1 saturated heterocycles. The Morgan fingerprint density at radius 3 is 3.00 bits per heavy atom. The molecule has 104 valence electrons. The van der Waals surface area contributed by atoms with Gasteiger partial charge in [-0.25, -0.2) is 15.2 Å². The number of hydrogen-bond acceptors (Lipinski definition) is 4. The van der Waals surface area contributed by atoms with Crippen molar-refractivity contribution in [3.05, 3.63) is 36.0 Å². The van der Waals surface area contributed by atoms with E-state index in [0.717, 1.165) is 22.8 Å². The summed E-state index contributed by atoms with van der Waals surface area (Å²) in [5, 5.41) is 2.74. The number of allylic oxidation sites excluding steroid dienone is 4. The molecule has 0 aromatic carbocycles. The Morgan fingerprint density at radius 2 is 2.20 bits per heavy atom. The highest BCUT2D eigenvalue weighted by Gasteiger charge is 2.24. The third-order valence-electron chi connectivity index (χ3n) is 3.17. The number of carbonyl (C=O) groups is 2. The zero-order valence-corrected chi connectivity index (χ0v) is 11.4. The van der Waals surface area contributed by atoms with Gasteiger partial charge in [-0.15, -0.1) is 0 Å². The third-order valence-corrected chi connectivity index (χ3v) is 4.27. The molecule has 0 bridgehead atoms. The van der Waals surface area contributed by atoms with Crippen LogP contribution in [0.3, 0.4) is 0 Å². The first-order valence-electron chi connectivity index (χ1n) is 6.30. The fourth-order valence-corrected chi connectivity index (χ4v) is 3.27. The largest absolute Gasteiger partial charge is 0.330 e. The fourth-order valence-electron chi connectivity index (χ4n) is 2.25. The maximum absolute atomic E-state index is 11.6. The molecule has 2 aliphatic heterocycles. The highest BCUT2D eigenvalue weighted by atomic mass is 32.2. The van der Waals surface area contributed by atoms with Crippen molar-refractivity contribution in [2.75, 3.05) is 11.5 Å². The van der Waals surface area contributed by atoms with Crippen molar-refractivity contribution in [1.29, 1.82) is 0 Å². The maximum atomic E-state index is 11.6. The summed E-state index contributed by atoms with van der Waals surface area (Å²) in [6.45, 7) is 0. The number of thioether (sulfide) groups is 1. The first kappa shape index (κ1) is 13.1.